The number of ether oxygens (including phenoxy) is 4. The van der Waals surface area contributed by atoms with E-state index in [9.17, 15) is 43.2 Å². The lowest BCUT2D eigenvalue weighted by atomic mass is 10.0. The molecule has 3 N–H and O–H groups in total. The summed E-state index contributed by atoms with van der Waals surface area (Å²) in [6.07, 6.45) is 72.4. The molecule has 103 heavy (non-hydrogen) atoms. The van der Waals surface area contributed by atoms with Crippen LogP contribution in [0.15, 0.2) is 0 Å². The SMILES string of the molecule is CCCCCCCCCCCCCCCCCCCCCCCCC(=O)O[C@H](COC(=O)CCCCCCCCCCCCCCCCCCCCCC)COP(=O)(O)OC[C@@H](O)COP(=O)(O)OC[C@@H](COC(=O)CCCCCCCCCC)OC(=O)CCCCCCCCCCCCCCC. The van der Waals surface area contributed by atoms with Crippen LogP contribution in [-0.4, -0.2) is 96.7 Å². The van der Waals surface area contributed by atoms with E-state index in [1.54, 1.807) is 0 Å². The Hall–Kier alpha value is -1.94. The molecule has 0 saturated carbocycles. The molecule has 19 heteroatoms. The van der Waals surface area contributed by atoms with Gasteiger partial charge < -0.3 is 33.8 Å². The fourth-order valence-corrected chi connectivity index (χ4v) is 14.7. The Kier molecular flexibility index (Phi) is 76.7. The maximum absolute atomic E-state index is 13.1. The van der Waals surface area contributed by atoms with Gasteiger partial charge in [-0.3, -0.25) is 37.3 Å². The molecule has 0 rings (SSSR count). The summed E-state index contributed by atoms with van der Waals surface area (Å²) in [6.45, 7) is 5.01. The van der Waals surface area contributed by atoms with Crippen LogP contribution in [0.4, 0.5) is 0 Å². The highest BCUT2D eigenvalue weighted by molar-refractivity contribution is 7.47. The van der Waals surface area contributed by atoms with Crippen LogP contribution in [0.25, 0.3) is 0 Å². The number of hydrogen-bond donors (Lipinski definition) is 3. The molecule has 5 atom stereocenters. The average Bonchev–Trinajstić information content (AvgIpc) is 1.22. The minimum absolute atomic E-state index is 0.108. The number of phosphoric ester groups is 2. The second-order valence-corrected chi connectivity index (χ2v) is 33.1. The first kappa shape index (κ1) is 101. The highest BCUT2D eigenvalue weighted by Crippen LogP contribution is 2.45. The topological polar surface area (TPSA) is 237 Å². The Morgan fingerprint density at radius 3 is 0.573 bits per heavy atom. The molecule has 0 aromatic carbocycles. The van der Waals surface area contributed by atoms with Gasteiger partial charge in [-0.25, -0.2) is 9.13 Å². The quantitative estimate of drug-likeness (QED) is 0.0222. The summed E-state index contributed by atoms with van der Waals surface area (Å²) in [4.78, 5) is 73.0. The molecule has 0 saturated heterocycles. The third-order valence-electron chi connectivity index (χ3n) is 19.9. The highest BCUT2D eigenvalue weighted by Gasteiger charge is 2.30. The number of unbranched alkanes of at least 4 members (excludes halogenated alkanes) is 59. The van der Waals surface area contributed by atoms with Gasteiger partial charge in [-0.05, 0) is 25.7 Å². The molecule has 0 aromatic heterocycles. The minimum atomic E-state index is -4.96. The van der Waals surface area contributed by atoms with E-state index in [2.05, 4.69) is 27.7 Å². The smallest absolute Gasteiger partial charge is 0.462 e. The lowest BCUT2D eigenvalue weighted by Crippen LogP contribution is -2.30. The van der Waals surface area contributed by atoms with Gasteiger partial charge in [0.05, 0.1) is 26.4 Å². The van der Waals surface area contributed by atoms with E-state index in [4.69, 9.17) is 37.0 Å². The molecule has 17 nitrogen and oxygen atoms in total. The monoisotopic (exact) mass is 1510 g/mol. The lowest BCUT2D eigenvalue weighted by molar-refractivity contribution is -0.161. The van der Waals surface area contributed by atoms with Crippen molar-refractivity contribution in [3.05, 3.63) is 0 Å². The molecule has 612 valence electrons. The molecule has 0 spiro atoms. The first-order valence-corrected chi connectivity index (χ1v) is 46.8. The van der Waals surface area contributed by atoms with Crippen molar-refractivity contribution in [2.45, 2.75) is 476 Å². The summed E-state index contributed by atoms with van der Waals surface area (Å²) >= 11 is 0. The summed E-state index contributed by atoms with van der Waals surface area (Å²) < 4.78 is 68.7. The van der Waals surface area contributed by atoms with Crippen molar-refractivity contribution in [3.8, 4) is 0 Å². The number of carbonyl (C=O) groups excluding carboxylic acids is 4. The van der Waals surface area contributed by atoms with E-state index in [0.717, 1.165) is 89.9 Å². The van der Waals surface area contributed by atoms with Gasteiger partial charge in [0.2, 0.25) is 0 Å². The van der Waals surface area contributed by atoms with Gasteiger partial charge in [-0.2, -0.15) is 0 Å². The normalized spacial score (nSPS) is 13.7. The number of esters is 4. The van der Waals surface area contributed by atoms with Gasteiger partial charge in [0.25, 0.3) is 0 Å². The maximum Gasteiger partial charge on any atom is 0.472 e. The average molecular weight is 1510 g/mol. The van der Waals surface area contributed by atoms with Crippen LogP contribution in [-0.2, 0) is 65.4 Å². The standard InChI is InChI=1S/C84H164O17P2/c1-5-9-13-17-21-25-28-31-33-35-37-39-40-42-44-46-49-52-55-59-63-67-71-84(89)101-80(75-95-82(87)69-65-61-57-53-50-48-45-43-41-38-36-34-32-29-26-22-18-14-10-6-2)77-99-103(92,93)97-73-78(85)72-96-102(90,91)98-76-79(74-94-81(86)68-64-60-56-24-20-16-12-8-4)100-83(88)70-66-62-58-54-51-47-30-27-23-19-15-11-7-3/h78-80,85H,5-77H2,1-4H3,(H,90,91)(H,92,93)/t78-,79+,80+/m0/s1. The molecule has 0 aliphatic heterocycles. The number of phosphoric acid groups is 2. The zero-order valence-electron chi connectivity index (χ0n) is 67.3. The third-order valence-corrected chi connectivity index (χ3v) is 21.8. The van der Waals surface area contributed by atoms with Crippen LogP contribution in [0.2, 0.25) is 0 Å². The molecule has 0 radical (unpaired) electrons. The van der Waals surface area contributed by atoms with Crippen LogP contribution in [0.1, 0.15) is 458 Å². The Bertz CT molecular complexity index is 1950. The first-order chi connectivity index (χ1) is 50.2. The molecule has 0 bridgehead atoms. The van der Waals surface area contributed by atoms with Gasteiger partial charge in [0.1, 0.15) is 19.3 Å². The third kappa shape index (κ3) is 78.0. The number of aliphatic hydroxyl groups excluding tert-OH is 1. The van der Waals surface area contributed by atoms with Crippen LogP contribution in [0, 0.1) is 0 Å². The second kappa shape index (κ2) is 78.2. The second-order valence-electron chi connectivity index (χ2n) is 30.2. The summed E-state index contributed by atoms with van der Waals surface area (Å²) in [5.41, 5.74) is 0. The molecular formula is C84H164O17P2. The molecular weight excluding hydrogens is 1340 g/mol. The van der Waals surface area contributed by atoms with E-state index < -0.39 is 97.5 Å². The number of carbonyl (C=O) groups is 4. The van der Waals surface area contributed by atoms with Crippen molar-refractivity contribution < 1.29 is 80.2 Å². The number of hydrogen-bond acceptors (Lipinski definition) is 15. The van der Waals surface area contributed by atoms with Crippen molar-refractivity contribution in [1.82, 2.24) is 0 Å². The Balaban J connectivity index is 5.16. The predicted octanol–water partition coefficient (Wildman–Crippen LogP) is 25.7. The molecule has 0 aliphatic rings. The molecule has 0 aliphatic carbocycles. The van der Waals surface area contributed by atoms with E-state index in [-0.39, 0.29) is 25.7 Å². The maximum atomic E-state index is 13.1. The fourth-order valence-electron chi connectivity index (χ4n) is 13.2. The highest BCUT2D eigenvalue weighted by atomic mass is 31.2. The zero-order chi connectivity index (χ0) is 75.3. The van der Waals surface area contributed by atoms with Crippen molar-refractivity contribution in [1.29, 1.82) is 0 Å². The van der Waals surface area contributed by atoms with Gasteiger partial charge >= 0.3 is 39.5 Å². The zero-order valence-corrected chi connectivity index (χ0v) is 69.1. The largest absolute Gasteiger partial charge is 0.472 e. The fraction of sp³-hybridized carbons (Fsp3) is 0.952. The first-order valence-electron chi connectivity index (χ1n) is 43.8. The summed E-state index contributed by atoms with van der Waals surface area (Å²) in [5, 5.41) is 10.6. The minimum Gasteiger partial charge on any atom is -0.462 e. The number of rotatable bonds is 85. The van der Waals surface area contributed by atoms with Crippen LogP contribution in [0.5, 0.6) is 0 Å². The van der Waals surface area contributed by atoms with Gasteiger partial charge in [0.15, 0.2) is 12.2 Å². The molecule has 0 amide bonds. The van der Waals surface area contributed by atoms with Crippen molar-refractivity contribution >= 4 is 39.5 Å². The Morgan fingerprint density at radius 2 is 0.388 bits per heavy atom. The Morgan fingerprint density at radius 1 is 0.233 bits per heavy atom. The summed E-state index contributed by atoms with van der Waals surface area (Å²) in [7, 11) is -9.92. The molecule has 0 aromatic rings. The van der Waals surface area contributed by atoms with Crippen molar-refractivity contribution in [2.24, 2.45) is 0 Å². The molecule has 0 fully saturated rings. The van der Waals surface area contributed by atoms with E-state index in [0.29, 0.717) is 25.7 Å². The summed E-state index contributed by atoms with van der Waals surface area (Å²) in [6, 6.07) is 0. The summed E-state index contributed by atoms with van der Waals surface area (Å²) in [5.74, 6) is -2.10. The van der Waals surface area contributed by atoms with Gasteiger partial charge in [-0.15, -0.1) is 0 Å². The molecule has 2 unspecified atom stereocenters. The van der Waals surface area contributed by atoms with Gasteiger partial charge in [-0.1, -0.05) is 407 Å². The van der Waals surface area contributed by atoms with Crippen LogP contribution >= 0.6 is 15.6 Å². The lowest BCUT2D eigenvalue weighted by Gasteiger charge is -2.21. The Labute approximate surface area is 632 Å². The number of aliphatic hydroxyl groups is 1. The van der Waals surface area contributed by atoms with Crippen molar-refractivity contribution in [2.75, 3.05) is 39.6 Å². The van der Waals surface area contributed by atoms with E-state index >= 15 is 0 Å². The molecule has 0 heterocycles. The van der Waals surface area contributed by atoms with Gasteiger partial charge in [0, 0.05) is 25.7 Å². The van der Waals surface area contributed by atoms with E-state index in [1.807, 2.05) is 0 Å². The van der Waals surface area contributed by atoms with Crippen molar-refractivity contribution in [3.63, 3.8) is 0 Å². The van der Waals surface area contributed by atoms with E-state index in [1.165, 1.54) is 289 Å². The van der Waals surface area contributed by atoms with Crippen LogP contribution < -0.4 is 0 Å². The van der Waals surface area contributed by atoms with Crippen LogP contribution in [0.3, 0.4) is 0 Å². The predicted molar refractivity (Wildman–Crippen MR) is 423 cm³/mol.